The molecule has 2 amide bonds. The molecule has 0 saturated carbocycles. The zero-order chi connectivity index (χ0) is 27.6. The fourth-order valence-electron chi connectivity index (χ4n) is 4.99. The molecule has 1 aliphatic rings. The van der Waals surface area contributed by atoms with Gasteiger partial charge in [0.2, 0.25) is 5.91 Å². The molecule has 0 aliphatic carbocycles. The number of anilines is 2. The average Bonchev–Trinajstić information content (AvgIpc) is 3.31. The summed E-state index contributed by atoms with van der Waals surface area (Å²) in [5.74, 6) is -0.321. The van der Waals surface area contributed by atoms with Crippen LogP contribution in [0.15, 0.2) is 48.9 Å². The van der Waals surface area contributed by atoms with Crippen LogP contribution in [-0.2, 0) is 11.3 Å². The molecular weight excluding hydrogens is 487 g/mol. The van der Waals surface area contributed by atoms with Crippen LogP contribution in [-0.4, -0.2) is 55.9 Å². The molecule has 0 radical (unpaired) electrons. The molecule has 2 N–H and O–H groups in total. The number of rotatable bonds is 7. The number of nitrogens with one attached hydrogen (secondary N) is 1. The summed E-state index contributed by atoms with van der Waals surface area (Å²) in [4.78, 5) is 31.5. The number of halogens is 1. The number of aromatic nitrogens is 3. The number of amides is 2. The Morgan fingerprint density at radius 3 is 2.66 bits per heavy atom. The van der Waals surface area contributed by atoms with Crippen molar-refractivity contribution in [3.63, 3.8) is 0 Å². The first-order chi connectivity index (χ1) is 17.9. The summed E-state index contributed by atoms with van der Waals surface area (Å²) >= 11 is 0. The zero-order valence-corrected chi connectivity index (χ0v) is 22.5. The maximum absolute atomic E-state index is 14.4. The van der Waals surface area contributed by atoms with Gasteiger partial charge in [0.05, 0.1) is 18.8 Å². The molecule has 0 unspecified atom stereocenters. The summed E-state index contributed by atoms with van der Waals surface area (Å²) in [5, 5.41) is 17.2. The third kappa shape index (κ3) is 6.12. The molecule has 0 saturated heterocycles. The van der Waals surface area contributed by atoms with Crippen molar-refractivity contribution in [3.05, 3.63) is 60.3 Å². The van der Waals surface area contributed by atoms with E-state index in [0.717, 1.165) is 22.4 Å². The van der Waals surface area contributed by atoms with E-state index in [1.807, 2.05) is 52.1 Å². The highest BCUT2D eigenvalue weighted by Crippen LogP contribution is 2.41. The van der Waals surface area contributed by atoms with Crippen LogP contribution in [0.3, 0.4) is 0 Å². The smallest absolute Gasteiger partial charge is 0.407 e. The minimum absolute atomic E-state index is 0.0555. The lowest BCUT2D eigenvalue weighted by Crippen LogP contribution is -2.43. The Hall–Kier alpha value is -3.95. The summed E-state index contributed by atoms with van der Waals surface area (Å²) in [6.45, 7) is 10.7. The van der Waals surface area contributed by atoms with Crippen LogP contribution in [0.1, 0.15) is 52.6 Å². The molecule has 4 rings (SSSR count). The normalized spacial score (nSPS) is 17.2. The molecule has 1 aliphatic heterocycles. The van der Waals surface area contributed by atoms with Crippen molar-refractivity contribution >= 4 is 23.5 Å². The monoisotopic (exact) mass is 522 g/mol. The number of fused-ring (bicyclic) bond motifs is 1. The Morgan fingerprint density at radius 1 is 1.24 bits per heavy atom. The van der Waals surface area contributed by atoms with Crippen LogP contribution in [0.4, 0.5) is 20.7 Å². The maximum atomic E-state index is 14.4. The number of carbonyl (C=O) groups is 2. The van der Waals surface area contributed by atoms with Crippen molar-refractivity contribution in [2.45, 2.75) is 59.7 Å². The van der Waals surface area contributed by atoms with Crippen molar-refractivity contribution < 1.29 is 19.1 Å². The highest BCUT2D eigenvalue weighted by Gasteiger charge is 2.33. The minimum Gasteiger partial charge on any atom is -0.465 e. The van der Waals surface area contributed by atoms with Gasteiger partial charge in [0.15, 0.2) is 11.6 Å². The van der Waals surface area contributed by atoms with Crippen LogP contribution in [0.25, 0.3) is 11.1 Å². The molecule has 0 bridgehead atoms. The number of nitrogens with zero attached hydrogens (tertiary/aromatic N) is 5. The second kappa shape index (κ2) is 10.8. The molecule has 38 heavy (non-hydrogen) atoms. The number of pyridine rings is 1. The molecule has 1 aromatic carbocycles. The first kappa shape index (κ1) is 27.1. The van der Waals surface area contributed by atoms with Gasteiger partial charge in [-0.1, -0.05) is 26.8 Å². The van der Waals surface area contributed by atoms with Gasteiger partial charge in [0, 0.05) is 49.7 Å². The second-order valence-electron chi connectivity index (χ2n) is 11.0. The van der Waals surface area contributed by atoms with Crippen LogP contribution in [0, 0.1) is 11.2 Å². The molecule has 3 heterocycles. The van der Waals surface area contributed by atoms with Crippen molar-refractivity contribution in [2.75, 3.05) is 23.3 Å². The summed E-state index contributed by atoms with van der Waals surface area (Å²) in [5.41, 5.74) is 3.26. The van der Waals surface area contributed by atoms with E-state index < -0.39 is 11.9 Å². The highest BCUT2D eigenvalue weighted by molar-refractivity contribution is 5.94. The van der Waals surface area contributed by atoms with Crippen LogP contribution >= 0.6 is 0 Å². The predicted octanol–water partition coefficient (Wildman–Crippen LogP) is 5.41. The third-order valence-corrected chi connectivity index (χ3v) is 6.59. The number of carbonyl (C=O) groups excluding carboxylic acids is 1. The van der Waals surface area contributed by atoms with Crippen molar-refractivity contribution in [1.29, 1.82) is 0 Å². The average molecular weight is 523 g/mol. The molecule has 2 aromatic heterocycles. The molecular formula is C28H35FN6O3. The Labute approximate surface area is 222 Å². The fourth-order valence-corrected chi connectivity index (χ4v) is 4.99. The Kier molecular flexibility index (Phi) is 7.71. The third-order valence-electron chi connectivity index (χ3n) is 6.59. The topological polar surface area (TPSA) is 104 Å². The molecule has 2 atom stereocenters. The van der Waals surface area contributed by atoms with Gasteiger partial charge < -0.3 is 20.2 Å². The van der Waals surface area contributed by atoms with Crippen molar-refractivity contribution in [1.82, 2.24) is 19.7 Å². The molecule has 9 nitrogen and oxygen atoms in total. The lowest BCUT2D eigenvalue weighted by Gasteiger charge is -2.39. The molecule has 202 valence electrons. The summed E-state index contributed by atoms with van der Waals surface area (Å²) in [7, 11) is 0. The van der Waals surface area contributed by atoms with Crippen LogP contribution < -0.4 is 10.2 Å². The number of hydrogen-bond donors (Lipinski definition) is 2. The Balaban J connectivity index is 1.60. The van der Waals surface area contributed by atoms with E-state index in [1.54, 1.807) is 28.8 Å². The van der Waals surface area contributed by atoms with Gasteiger partial charge in [0.1, 0.15) is 0 Å². The van der Waals surface area contributed by atoms with Gasteiger partial charge in [0.25, 0.3) is 0 Å². The lowest BCUT2D eigenvalue weighted by molar-refractivity contribution is -0.117. The summed E-state index contributed by atoms with van der Waals surface area (Å²) < 4.78 is 16.1. The van der Waals surface area contributed by atoms with Gasteiger partial charge in [-0.2, -0.15) is 5.10 Å². The standard InChI is InChI=1S/C28H35FN6O3/c1-18-13-24(32-26-23(29)7-6-10-30-26)22-14-20(8-9-25(22)35(18)19(2)36)21-15-31-34(16-21)12-11-33(27(37)38)17-28(3,4)5/h6-10,14-16,18,24H,11-13,17H2,1-5H3,(H,30,32)(H,37,38)/t18-,24+/m0/s1. The van der Waals surface area contributed by atoms with E-state index in [1.165, 1.54) is 17.2 Å². The van der Waals surface area contributed by atoms with Crippen molar-refractivity contribution in [3.8, 4) is 11.1 Å². The van der Waals surface area contributed by atoms with Gasteiger partial charge in [-0.25, -0.2) is 14.2 Å². The highest BCUT2D eigenvalue weighted by atomic mass is 19.1. The molecule has 3 aromatic rings. The van der Waals surface area contributed by atoms with E-state index in [0.29, 0.717) is 26.1 Å². The Bertz CT molecular complexity index is 1320. The van der Waals surface area contributed by atoms with Gasteiger partial charge >= 0.3 is 6.09 Å². The number of benzene rings is 1. The predicted molar refractivity (Wildman–Crippen MR) is 145 cm³/mol. The lowest BCUT2D eigenvalue weighted by atomic mass is 9.89. The molecule has 0 fully saturated rings. The maximum Gasteiger partial charge on any atom is 0.407 e. The van der Waals surface area contributed by atoms with Crippen LogP contribution in [0.2, 0.25) is 0 Å². The van der Waals surface area contributed by atoms with Gasteiger partial charge in [-0.05, 0) is 54.2 Å². The van der Waals surface area contributed by atoms with Crippen molar-refractivity contribution in [2.24, 2.45) is 5.41 Å². The first-order valence-electron chi connectivity index (χ1n) is 12.7. The SMILES string of the molecule is CC(=O)N1c2ccc(-c3cnn(CCN(CC(C)(C)C)C(=O)O)c3)cc2[C@H](Nc2ncccc2F)C[C@@H]1C. The minimum atomic E-state index is -0.950. The van der Waals surface area contributed by atoms with E-state index in [-0.39, 0.29) is 29.2 Å². The van der Waals surface area contributed by atoms with Gasteiger partial charge in [-0.3, -0.25) is 9.48 Å². The van der Waals surface area contributed by atoms with Crippen LogP contribution in [0.5, 0.6) is 0 Å². The number of hydrogen-bond acceptors (Lipinski definition) is 5. The second-order valence-corrected chi connectivity index (χ2v) is 11.0. The van der Waals surface area contributed by atoms with E-state index in [2.05, 4.69) is 15.4 Å². The largest absolute Gasteiger partial charge is 0.465 e. The first-order valence-corrected chi connectivity index (χ1v) is 12.7. The summed E-state index contributed by atoms with van der Waals surface area (Å²) in [6.07, 6.45) is 4.80. The fraction of sp³-hybridized carbons (Fsp3) is 0.429. The summed E-state index contributed by atoms with van der Waals surface area (Å²) in [6, 6.07) is 8.43. The van der Waals surface area contributed by atoms with E-state index in [4.69, 9.17) is 0 Å². The Morgan fingerprint density at radius 2 is 2.00 bits per heavy atom. The quantitative estimate of drug-likeness (QED) is 0.430. The van der Waals surface area contributed by atoms with E-state index >= 15 is 0 Å². The molecule has 10 heteroatoms. The number of carboxylic acid groups (broad SMARTS) is 1. The van der Waals surface area contributed by atoms with E-state index in [9.17, 15) is 19.1 Å². The van der Waals surface area contributed by atoms with Gasteiger partial charge in [-0.15, -0.1) is 0 Å². The zero-order valence-electron chi connectivity index (χ0n) is 22.5. The molecule has 0 spiro atoms.